The minimum absolute atomic E-state index is 0. The molecular weight excluding hydrogens is 495 g/mol. The van der Waals surface area contributed by atoms with Crippen LogP contribution in [0.2, 0.25) is 0 Å². The van der Waals surface area contributed by atoms with Crippen LogP contribution in [0.3, 0.4) is 0 Å². The van der Waals surface area contributed by atoms with Crippen LogP contribution in [-0.4, -0.2) is 33.1 Å². The number of rotatable bonds is 3. The lowest BCUT2D eigenvalue weighted by Crippen LogP contribution is -3.00. The Hall–Kier alpha value is -0.530. The van der Waals surface area contributed by atoms with Crippen molar-refractivity contribution in [1.29, 1.82) is 5.39 Å². The number of methoxy groups -OCH3 is 1. The first-order valence-corrected chi connectivity index (χ1v) is 8.20. The van der Waals surface area contributed by atoms with Gasteiger partial charge in [-0.2, -0.15) is 16.8 Å². The van der Waals surface area contributed by atoms with Gasteiger partial charge in [0, 0.05) is 9.64 Å². The number of nitrogens with zero attached hydrogens (tertiary/aromatic N) is 2. The van der Waals surface area contributed by atoms with Crippen molar-refractivity contribution in [3.8, 4) is 5.75 Å². The second-order valence-electron chi connectivity index (χ2n) is 3.12. The monoisotopic (exact) mass is 500 g/mol. The first kappa shape index (κ1) is 19.5. The van der Waals surface area contributed by atoms with Crippen LogP contribution >= 0.6 is 22.6 Å². The van der Waals surface area contributed by atoms with E-state index in [1.165, 1.54) is 22.6 Å². The highest BCUT2D eigenvalue weighted by Gasteiger charge is 2.39. The predicted octanol–water partition coefficient (Wildman–Crippen LogP) is -1.72. The number of diazo groups is 1. The number of hydrogen-bond acceptors (Lipinski definition) is 6. The summed E-state index contributed by atoms with van der Waals surface area (Å²) in [5.74, 6) is -0.299. The maximum Gasteiger partial charge on any atom is 0.448 e. The van der Waals surface area contributed by atoms with Gasteiger partial charge in [-0.3, -0.25) is 9.11 Å². The van der Waals surface area contributed by atoms with Gasteiger partial charge in [0.15, 0.2) is 4.98 Å². The fraction of sp³-hybridized carbons (Fsp3) is 0.143. The standard InChI is InChI=1S/C7H5IN2O7S2.BrH/c1-17-4-2-3(8)6(18(11,12)13)7(5(4)10-9)19(14,15)16;/h2H,1H3,(H-,11,12,13,14,15,16);1H. The summed E-state index contributed by atoms with van der Waals surface area (Å²) in [7, 11) is -8.96. The van der Waals surface area contributed by atoms with Crippen LogP contribution in [0.15, 0.2) is 15.9 Å². The Morgan fingerprint density at radius 1 is 1.20 bits per heavy atom. The molecule has 20 heavy (non-hydrogen) atoms. The Balaban J connectivity index is 0.00000361. The minimum Gasteiger partial charge on any atom is -1.00 e. The number of hydrogen-bond donors (Lipinski definition) is 2. The quantitative estimate of drug-likeness (QED) is 0.283. The van der Waals surface area contributed by atoms with Crippen LogP contribution in [0, 0.1) is 8.96 Å². The zero-order valence-electron chi connectivity index (χ0n) is 9.48. The van der Waals surface area contributed by atoms with Crippen LogP contribution in [0.5, 0.6) is 5.75 Å². The highest BCUT2D eigenvalue weighted by molar-refractivity contribution is 14.1. The third-order valence-electron chi connectivity index (χ3n) is 1.97. The molecule has 0 heterocycles. The highest BCUT2D eigenvalue weighted by atomic mass is 127. The van der Waals surface area contributed by atoms with Crippen LogP contribution in [0.1, 0.15) is 0 Å². The van der Waals surface area contributed by atoms with Crippen LogP contribution < -0.4 is 21.7 Å². The fourth-order valence-electron chi connectivity index (χ4n) is 1.31. The van der Waals surface area contributed by atoms with Crippen molar-refractivity contribution in [2.45, 2.75) is 9.79 Å². The minimum atomic E-state index is -5.09. The Morgan fingerprint density at radius 2 is 1.65 bits per heavy atom. The Kier molecular flexibility index (Phi) is 6.32. The van der Waals surface area contributed by atoms with Crippen molar-refractivity contribution in [2.75, 3.05) is 7.11 Å². The van der Waals surface area contributed by atoms with Crippen molar-refractivity contribution in [3.63, 3.8) is 0 Å². The summed E-state index contributed by atoms with van der Waals surface area (Å²) in [6, 6.07) is 1.02. The largest absolute Gasteiger partial charge is 1.00 e. The average molecular weight is 501 g/mol. The smallest absolute Gasteiger partial charge is 0.448 e. The lowest BCUT2D eigenvalue weighted by Gasteiger charge is -2.07. The molecule has 0 fully saturated rings. The average Bonchev–Trinajstić information content (AvgIpc) is 2.24. The maximum atomic E-state index is 11.3. The maximum absolute atomic E-state index is 11.3. The first-order valence-electron chi connectivity index (χ1n) is 4.24. The Labute approximate surface area is 138 Å². The zero-order valence-corrected chi connectivity index (χ0v) is 14.9. The van der Waals surface area contributed by atoms with E-state index in [0.717, 1.165) is 13.2 Å². The van der Waals surface area contributed by atoms with E-state index in [1.54, 1.807) is 0 Å². The summed E-state index contributed by atoms with van der Waals surface area (Å²) in [4.78, 5) is 0.224. The van der Waals surface area contributed by atoms with Crippen molar-refractivity contribution in [2.24, 2.45) is 0 Å². The van der Waals surface area contributed by atoms with E-state index in [4.69, 9.17) is 19.2 Å². The molecule has 0 aliphatic rings. The van der Waals surface area contributed by atoms with E-state index in [0.29, 0.717) is 0 Å². The number of benzene rings is 1. The van der Waals surface area contributed by atoms with Crippen LogP contribution in [0.4, 0.5) is 5.69 Å². The Bertz CT molecular complexity index is 784. The topological polar surface area (TPSA) is 146 Å². The van der Waals surface area contributed by atoms with Gasteiger partial charge in [-0.05, 0) is 22.6 Å². The highest BCUT2D eigenvalue weighted by Crippen LogP contribution is 2.41. The van der Waals surface area contributed by atoms with Crippen LogP contribution in [-0.2, 0) is 20.2 Å². The molecule has 1 aromatic rings. The molecule has 0 saturated carbocycles. The molecule has 0 aliphatic heterocycles. The van der Waals surface area contributed by atoms with Crippen LogP contribution in [0.25, 0.3) is 4.98 Å². The Morgan fingerprint density at radius 3 is 1.95 bits per heavy atom. The summed E-state index contributed by atoms with van der Waals surface area (Å²) in [6.07, 6.45) is 0. The molecule has 13 heteroatoms. The third-order valence-corrected chi connectivity index (χ3v) is 5.16. The summed E-state index contributed by atoms with van der Waals surface area (Å²) in [5, 5.41) is 8.77. The zero-order chi connectivity index (χ0) is 15.0. The molecular formula is C7H6BrIN2O7S2. The molecule has 0 unspecified atom stereocenters. The van der Waals surface area contributed by atoms with Gasteiger partial charge in [0.2, 0.25) is 16.0 Å². The molecule has 2 N–H and O–H groups in total. The van der Waals surface area contributed by atoms with Crippen molar-refractivity contribution < 1.29 is 47.7 Å². The van der Waals surface area contributed by atoms with Gasteiger partial charge in [-0.1, -0.05) is 0 Å². The van der Waals surface area contributed by atoms with E-state index >= 15 is 0 Å². The SMILES string of the molecule is COc1cc(I)c(S(=O)(=O)O)c(S(=O)(=O)O)c1[N+]#N.[Br-]. The molecule has 0 atom stereocenters. The predicted molar refractivity (Wildman–Crippen MR) is 70.1 cm³/mol. The van der Waals surface area contributed by atoms with Crippen molar-refractivity contribution in [3.05, 3.63) is 14.6 Å². The molecule has 112 valence electrons. The van der Waals surface area contributed by atoms with E-state index in [9.17, 15) is 16.8 Å². The van der Waals surface area contributed by atoms with Gasteiger partial charge in [-0.25, -0.2) is 0 Å². The molecule has 0 spiro atoms. The summed E-state index contributed by atoms with van der Waals surface area (Å²) in [6.45, 7) is 0. The molecule has 0 saturated heterocycles. The van der Waals surface area contributed by atoms with Gasteiger partial charge < -0.3 is 21.7 Å². The molecule has 0 aromatic heterocycles. The van der Waals surface area contributed by atoms with E-state index in [-0.39, 0.29) is 26.3 Å². The second-order valence-corrected chi connectivity index (χ2v) is 7.00. The van der Waals surface area contributed by atoms with Crippen molar-refractivity contribution in [1.82, 2.24) is 0 Å². The van der Waals surface area contributed by atoms with Gasteiger partial charge in [-0.15, -0.1) is 0 Å². The first-order chi connectivity index (χ1) is 8.54. The third kappa shape index (κ3) is 3.77. The van der Waals surface area contributed by atoms with Crippen molar-refractivity contribution >= 4 is 48.5 Å². The second kappa shape index (κ2) is 6.49. The van der Waals surface area contributed by atoms with E-state index < -0.39 is 35.7 Å². The van der Waals surface area contributed by atoms with Gasteiger partial charge in [0.25, 0.3) is 10.1 Å². The van der Waals surface area contributed by atoms with E-state index in [2.05, 4.69) is 4.98 Å². The molecule has 0 radical (unpaired) electrons. The number of ether oxygens (including phenoxy) is 1. The normalized spacial score (nSPS) is 11.3. The summed E-state index contributed by atoms with van der Waals surface area (Å²) in [5.41, 5.74) is -0.835. The number of halogens is 2. The molecule has 0 bridgehead atoms. The lowest BCUT2D eigenvalue weighted by atomic mass is 10.3. The fourth-order valence-corrected chi connectivity index (χ4v) is 4.88. The van der Waals surface area contributed by atoms with Gasteiger partial charge in [0.05, 0.1) is 7.11 Å². The van der Waals surface area contributed by atoms with E-state index in [1.807, 2.05) is 0 Å². The summed E-state index contributed by atoms with van der Waals surface area (Å²) >= 11 is 1.42. The lowest BCUT2D eigenvalue weighted by molar-refractivity contribution is -0.0000124. The molecule has 1 aromatic carbocycles. The van der Waals surface area contributed by atoms with Gasteiger partial charge >= 0.3 is 15.8 Å². The summed E-state index contributed by atoms with van der Waals surface area (Å²) < 4.78 is 67.5. The molecule has 9 nitrogen and oxygen atoms in total. The molecule has 1 rings (SSSR count). The molecule has 0 amide bonds. The molecule has 0 aliphatic carbocycles. The van der Waals surface area contributed by atoms with Gasteiger partial charge in [0.1, 0.15) is 4.90 Å².